The number of ether oxygens (including phenoxy) is 1. The van der Waals surface area contributed by atoms with Gasteiger partial charge in [0.2, 0.25) is 10.0 Å². The second-order valence-electron chi connectivity index (χ2n) is 6.12. The smallest absolute Gasteiger partial charge is 0.321 e. The van der Waals surface area contributed by atoms with Crippen LogP contribution in [-0.4, -0.2) is 53.1 Å². The molecule has 10 heteroatoms. The predicted octanol–water partition coefficient (Wildman–Crippen LogP) is 1.50. The Morgan fingerprint density at radius 2 is 2.15 bits per heavy atom. The SMILES string of the molecule is CS(=O)CCC(NS(=O)(=O)C1=CC2Oc3ccccc3SC2C=C1)C(=O)O. The van der Waals surface area contributed by atoms with E-state index in [2.05, 4.69) is 4.72 Å². The first-order valence-corrected chi connectivity index (χ1v) is 12.2. The molecule has 4 unspecified atom stereocenters. The average Bonchev–Trinajstić information content (AvgIpc) is 2.62. The van der Waals surface area contributed by atoms with Gasteiger partial charge in [-0.2, -0.15) is 4.72 Å². The Morgan fingerprint density at radius 1 is 1.41 bits per heavy atom. The monoisotopic (exact) mass is 429 g/mol. The van der Waals surface area contributed by atoms with Crippen LogP contribution >= 0.6 is 11.8 Å². The number of sulfonamides is 1. The van der Waals surface area contributed by atoms with Crippen molar-refractivity contribution in [2.75, 3.05) is 12.0 Å². The minimum Gasteiger partial charge on any atom is -0.484 e. The van der Waals surface area contributed by atoms with E-state index in [1.165, 1.54) is 18.4 Å². The van der Waals surface area contributed by atoms with Gasteiger partial charge in [0.15, 0.2) is 0 Å². The first-order chi connectivity index (χ1) is 12.8. The van der Waals surface area contributed by atoms with E-state index in [1.54, 1.807) is 17.8 Å². The summed E-state index contributed by atoms with van der Waals surface area (Å²) >= 11 is 1.58. The van der Waals surface area contributed by atoms with Crippen LogP contribution in [0.4, 0.5) is 0 Å². The first-order valence-electron chi connectivity index (χ1n) is 8.14. The van der Waals surface area contributed by atoms with Gasteiger partial charge in [-0.25, -0.2) is 8.42 Å². The second kappa shape index (κ2) is 8.17. The summed E-state index contributed by atoms with van der Waals surface area (Å²) in [6.45, 7) is 0. The number of benzene rings is 1. The van der Waals surface area contributed by atoms with Gasteiger partial charge in [-0.05, 0) is 30.7 Å². The molecule has 1 aromatic carbocycles. The Morgan fingerprint density at radius 3 is 2.85 bits per heavy atom. The van der Waals surface area contributed by atoms with Crippen molar-refractivity contribution in [3.8, 4) is 5.75 Å². The zero-order valence-corrected chi connectivity index (χ0v) is 16.9. The number of thioether (sulfide) groups is 1. The zero-order chi connectivity index (χ0) is 19.6. The van der Waals surface area contributed by atoms with Crippen LogP contribution in [0.2, 0.25) is 0 Å². The molecular weight excluding hydrogens is 410 g/mol. The summed E-state index contributed by atoms with van der Waals surface area (Å²) in [4.78, 5) is 12.3. The third-order valence-electron chi connectivity index (χ3n) is 4.08. The van der Waals surface area contributed by atoms with Crippen molar-refractivity contribution in [1.29, 1.82) is 0 Å². The maximum atomic E-state index is 12.6. The molecule has 2 N–H and O–H groups in total. The molecule has 0 bridgehead atoms. The van der Waals surface area contributed by atoms with Gasteiger partial charge in [-0.1, -0.05) is 18.2 Å². The van der Waals surface area contributed by atoms with Crippen molar-refractivity contribution >= 4 is 38.6 Å². The number of hydrogen-bond donors (Lipinski definition) is 2. The molecular formula is C17H19NO6S3. The molecule has 2 aliphatic rings. The summed E-state index contributed by atoms with van der Waals surface area (Å²) in [5.41, 5.74) is 0. The first kappa shape index (κ1) is 20.1. The summed E-state index contributed by atoms with van der Waals surface area (Å²) in [5, 5.41) is 9.19. The summed E-state index contributed by atoms with van der Waals surface area (Å²) in [5.74, 6) is -0.523. The summed E-state index contributed by atoms with van der Waals surface area (Å²) in [6.07, 6.45) is 5.62. The van der Waals surface area contributed by atoms with Crippen LogP contribution in [0.3, 0.4) is 0 Å². The van der Waals surface area contributed by atoms with Crippen molar-refractivity contribution < 1.29 is 27.3 Å². The molecule has 0 aromatic heterocycles. The molecule has 0 radical (unpaired) electrons. The fraction of sp³-hybridized carbons (Fsp3) is 0.353. The maximum Gasteiger partial charge on any atom is 0.321 e. The van der Waals surface area contributed by atoms with Gasteiger partial charge in [0.1, 0.15) is 17.9 Å². The summed E-state index contributed by atoms with van der Waals surface area (Å²) in [7, 11) is -5.26. The van der Waals surface area contributed by atoms with Crippen molar-refractivity contribution in [1.82, 2.24) is 4.72 Å². The molecule has 0 spiro atoms. The fourth-order valence-corrected chi connectivity index (χ4v) is 5.68. The quantitative estimate of drug-likeness (QED) is 0.676. The van der Waals surface area contributed by atoms with Crippen molar-refractivity contribution in [2.24, 2.45) is 0 Å². The molecule has 1 heterocycles. The number of nitrogens with one attached hydrogen (secondary N) is 1. The second-order valence-corrected chi connectivity index (χ2v) is 10.6. The number of carbonyl (C=O) groups is 1. The van der Waals surface area contributed by atoms with Gasteiger partial charge >= 0.3 is 5.97 Å². The standard InChI is InChI=1S/C17H19NO6S3/c1-26(21)9-8-12(17(19)20)18-27(22,23)11-6-7-16-14(10-11)24-13-4-2-3-5-15(13)25-16/h2-7,10,12,14,16,18H,8-9H2,1H3,(H,19,20). The van der Waals surface area contributed by atoms with E-state index in [0.717, 1.165) is 4.90 Å². The van der Waals surface area contributed by atoms with E-state index >= 15 is 0 Å². The van der Waals surface area contributed by atoms with Crippen molar-refractivity contribution in [3.05, 3.63) is 47.4 Å². The van der Waals surface area contributed by atoms with Crippen LogP contribution in [0.1, 0.15) is 6.42 Å². The topological polar surface area (TPSA) is 110 Å². The molecule has 0 amide bonds. The van der Waals surface area contributed by atoms with Gasteiger partial charge in [0, 0.05) is 22.8 Å². The normalized spacial score (nSPS) is 23.4. The Hall–Kier alpha value is -1.62. The molecule has 7 nitrogen and oxygen atoms in total. The number of carboxylic acid groups (broad SMARTS) is 1. The molecule has 146 valence electrons. The summed E-state index contributed by atoms with van der Waals surface area (Å²) in [6, 6.07) is 6.18. The van der Waals surface area contributed by atoms with Crippen LogP contribution in [0.25, 0.3) is 0 Å². The Bertz CT molecular complexity index is 924. The van der Waals surface area contributed by atoms with E-state index in [0.29, 0.717) is 5.75 Å². The number of fused-ring (bicyclic) bond motifs is 2. The lowest BCUT2D eigenvalue weighted by Gasteiger charge is -2.32. The van der Waals surface area contributed by atoms with Crippen LogP contribution in [0.15, 0.2) is 52.3 Å². The highest BCUT2D eigenvalue weighted by atomic mass is 32.2. The molecule has 0 saturated carbocycles. The van der Waals surface area contributed by atoms with Crippen LogP contribution in [0, 0.1) is 0 Å². The number of para-hydroxylation sites is 1. The molecule has 4 atom stereocenters. The van der Waals surface area contributed by atoms with E-state index < -0.39 is 38.9 Å². The zero-order valence-electron chi connectivity index (χ0n) is 14.4. The minimum absolute atomic E-state index is 0.0346. The van der Waals surface area contributed by atoms with Crippen LogP contribution in [0.5, 0.6) is 5.75 Å². The lowest BCUT2D eigenvalue weighted by Crippen LogP contribution is -2.42. The molecule has 3 rings (SSSR count). The van der Waals surface area contributed by atoms with E-state index in [1.807, 2.05) is 24.3 Å². The highest BCUT2D eigenvalue weighted by Gasteiger charge is 2.34. The minimum atomic E-state index is -4.05. The van der Waals surface area contributed by atoms with E-state index in [4.69, 9.17) is 4.74 Å². The molecule has 1 aliphatic heterocycles. The number of hydrogen-bond acceptors (Lipinski definition) is 6. The molecule has 27 heavy (non-hydrogen) atoms. The Labute approximate surface area is 164 Å². The number of allylic oxidation sites excluding steroid dienone is 1. The average molecular weight is 430 g/mol. The largest absolute Gasteiger partial charge is 0.484 e. The lowest BCUT2D eigenvalue weighted by molar-refractivity contribution is -0.139. The molecule has 0 saturated heterocycles. The molecule has 1 aromatic rings. The Balaban J connectivity index is 1.77. The predicted molar refractivity (Wildman–Crippen MR) is 105 cm³/mol. The number of carboxylic acids is 1. The van der Waals surface area contributed by atoms with Gasteiger partial charge < -0.3 is 9.84 Å². The van der Waals surface area contributed by atoms with Crippen molar-refractivity contribution in [2.45, 2.75) is 28.7 Å². The van der Waals surface area contributed by atoms with Gasteiger partial charge in [0.05, 0.1) is 15.1 Å². The van der Waals surface area contributed by atoms with Crippen LogP contribution < -0.4 is 9.46 Å². The molecule has 0 fully saturated rings. The van der Waals surface area contributed by atoms with Gasteiger partial charge in [-0.15, -0.1) is 11.8 Å². The third-order valence-corrected chi connectivity index (χ3v) is 7.66. The van der Waals surface area contributed by atoms with Crippen molar-refractivity contribution in [3.63, 3.8) is 0 Å². The highest BCUT2D eigenvalue weighted by Crippen LogP contribution is 2.42. The Kier molecular flexibility index (Phi) is 6.09. The van der Waals surface area contributed by atoms with Gasteiger partial charge in [-0.3, -0.25) is 9.00 Å². The lowest BCUT2D eigenvalue weighted by atomic mass is 10.1. The summed E-state index contributed by atoms with van der Waals surface area (Å²) < 4.78 is 44.5. The van der Waals surface area contributed by atoms with Gasteiger partial charge in [0.25, 0.3) is 0 Å². The number of aliphatic carboxylic acids is 1. The third kappa shape index (κ3) is 4.81. The van der Waals surface area contributed by atoms with E-state index in [-0.39, 0.29) is 22.3 Å². The highest BCUT2D eigenvalue weighted by molar-refractivity contribution is 8.00. The number of rotatable bonds is 7. The fourth-order valence-electron chi connectivity index (χ4n) is 2.71. The molecule has 1 aliphatic carbocycles. The maximum absolute atomic E-state index is 12.6. The van der Waals surface area contributed by atoms with E-state index in [9.17, 15) is 22.5 Å². The van der Waals surface area contributed by atoms with Crippen LogP contribution in [-0.2, 0) is 25.6 Å².